The van der Waals surface area contributed by atoms with Gasteiger partial charge in [0.2, 0.25) is 17.6 Å². The molecule has 2 amide bonds. The Hall–Kier alpha value is -2.71. The highest BCUT2D eigenvalue weighted by molar-refractivity contribution is 6.16. The van der Waals surface area contributed by atoms with Gasteiger partial charge < -0.3 is 4.52 Å². The van der Waals surface area contributed by atoms with E-state index < -0.39 is 12.1 Å². The molecule has 0 saturated heterocycles. The van der Waals surface area contributed by atoms with Crippen molar-refractivity contribution < 1.29 is 27.3 Å². The number of benzene rings is 1. The van der Waals surface area contributed by atoms with Gasteiger partial charge >= 0.3 is 12.1 Å². The Morgan fingerprint density at radius 2 is 1.88 bits per heavy atom. The summed E-state index contributed by atoms with van der Waals surface area (Å²) >= 11 is 0. The number of carbonyl (C=O) groups is 2. The first-order chi connectivity index (χ1) is 11.8. The minimum atomic E-state index is -4.72. The fourth-order valence-electron chi connectivity index (χ4n) is 2.28. The first-order valence-corrected chi connectivity index (χ1v) is 7.69. The molecule has 1 heterocycles. The van der Waals surface area contributed by atoms with Crippen molar-refractivity contribution in [2.75, 3.05) is 4.90 Å². The quantitative estimate of drug-likeness (QED) is 0.842. The predicted octanol–water partition coefficient (Wildman–Crippen LogP) is 3.44. The summed E-state index contributed by atoms with van der Waals surface area (Å²) < 4.78 is 41.7. The van der Waals surface area contributed by atoms with Crippen LogP contribution in [0.2, 0.25) is 0 Å². The van der Waals surface area contributed by atoms with Crippen LogP contribution in [-0.4, -0.2) is 22.0 Å². The Balaban J connectivity index is 1.86. The maximum absolute atomic E-state index is 12.5. The molecule has 1 aliphatic rings. The number of rotatable bonds is 4. The third-order valence-electron chi connectivity index (χ3n) is 3.75. The van der Waals surface area contributed by atoms with Gasteiger partial charge in [-0.25, -0.2) is 0 Å². The van der Waals surface area contributed by atoms with Gasteiger partial charge in [-0.3, -0.25) is 14.5 Å². The van der Waals surface area contributed by atoms with Gasteiger partial charge in [0.25, 0.3) is 0 Å². The van der Waals surface area contributed by atoms with Crippen LogP contribution >= 0.6 is 0 Å². The third kappa shape index (κ3) is 3.54. The number of hydrogen-bond donors (Lipinski definition) is 0. The minimum absolute atomic E-state index is 0.137. The number of amides is 2. The van der Waals surface area contributed by atoms with Gasteiger partial charge in [0, 0.05) is 17.9 Å². The van der Waals surface area contributed by atoms with Crippen LogP contribution in [0.25, 0.3) is 11.4 Å². The molecule has 0 atom stereocenters. The fourth-order valence-corrected chi connectivity index (χ4v) is 2.28. The zero-order valence-electron chi connectivity index (χ0n) is 13.2. The third-order valence-corrected chi connectivity index (χ3v) is 3.75. The maximum atomic E-state index is 12.5. The Labute approximate surface area is 140 Å². The van der Waals surface area contributed by atoms with Crippen molar-refractivity contribution in [2.24, 2.45) is 5.92 Å². The van der Waals surface area contributed by atoms with Crippen LogP contribution in [0.3, 0.4) is 0 Å². The molecule has 0 unspecified atom stereocenters. The molecule has 0 aliphatic heterocycles. The average molecular weight is 353 g/mol. The van der Waals surface area contributed by atoms with Crippen molar-refractivity contribution in [3.05, 3.63) is 30.2 Å². The highest BCUT2D eigenvalue weighted by atomic mass is 19.4. The molecule has 132 valence electrons. The van der Waals surface area contributed by atoms with Crippen molar-refractivity contribution in [3.8, 4) is 11.4 Å². The van der Waals surface area contributed by atoms with Crippen LogP contribution in [0.1, 0.15) is 32.1 Å². The molecule has 6 nitrogen and oxygen atoms in total. The van der Waals surface area contributed by atoms with Crippen LogP contribution in [0.4, 0.5) is 18.9 Å². The molecule has 0 bridgehead atoms. The number of nitrogens with zero attached hydrogens (tertiary/aromatic N) is 3. The van der Waals surface area contributed by atoms with Crippen LogP contribution in [0, 0.1) is 5.92 Å². The lowest BCUT2D eigenvalue weighted by Gasteiger charge is -2.20. The van der Waals surface area contributed by atoms with E-state index in [1.165, 1.54) is 24.3 Å². The number of carbonyl (C=O) groups excluding carboxylic acids is 2. The van der Waals surface area contributed by atoms with Crippen molar-refractivity contribution >= 4 is 17.5 Å². The molecule has 1 aromatic heterocycles. The van der Waals surface area contributed by atoms with E-state index in [9.17, 15) is 22.8 Å². The fraction of sp³-hybridized carbons (Fsp3) is 0.375. The lowest BCUT2D eigenvalue weighted by molar-refractivity contribution is -0.159. The van der Waals surface area contributed by atoms with E-state index in [4.69, 9.17) is 0 Å². The Morgan fingerprint density at radius 1 is 1.24 bits per heavy atom. The zero-order valence-corrected chi connectivity index (χ0v) is 13.2. The van der Waals surface area contributed by atoms with Gasteiger partial charge in [0.1, 0.15) is 0 Å². The number of hydrogen-bond acceptors (Lipinski definition) is 5. The summed E-state index contributed by atoms with van der Waals surface area (Å²) in [6.07, 6.45) is -3.03. The average Bonchev–Trinajstić information content (AvgIpc) is 3.30. The molecular weight excluding hydrogens is 339 g/mol. The second-order valence-electron chi connectivity index (χ2n) is 5.66. The highest BCUT2D eigenvalue weighted by Crippen LogP contribution is 2.34. The first kappa shape index (κ1) is 17.1. The van der Waals surface area contributed by atoms with E-state index in [1.54, 1.807) is 6.92 Å². The largest absolute Gasteiger partial charge is 0.471 e. The second kappa shape index (κ2) is 6.30. The van der Waals surface area contributed by atoms with Gasteiger partial charge in [0.05, 0.1) is 5.69 Å². The number of anilines is 1. The summed E-state index contributed by atoms with van der Waals surface area (Å²) in [5.74, 6) is -2.37. The molecule has 9 heteroatoms. The Bertz CT molecular complexity index is 795. The molecule has 0 spiro atoms. The number of aromatic nitrogens is 2. The van der Waals surface area contributed by atoms with E-state index >= 15 is 0 Å². The van der Waals surface area contributed by atoms with Crippen molar-refractivity contribution in [1.82, 2.24) is 10.1 Å². The molecule has 2 aromatic rings. The summed E-state index contributed by atoms with van der Waals surface area (Å²) in [5, 5.41) is 3.30. The van der Waals surface area contributed by atoms with Crippen LogP contribution in [-0.2, 0) is 15.8 Å². The molecule has 0 radical (unpaired) electrons. The van der Waals surface area contributed by atoms with Gasteiger partial charge in [-0.2, -0.15) is 18.2 Å². The predicted molar refractivity (Wildman–Crippen MR) is 80.2 cm³/mol. The first-order valence-electron chi connectivity index (χ1n) is 7.69. The molecule has 1 fully saturated rings. The lowest BCUT2D eigenvalue weighted by Crippen LogP contribution is -2.37. The smallest absolute Gasteiger partial charge is 0.329 e. The standard InChI is InChI=1S/C16H14F3N3O3/c1-2-12(23)22(14(24)10-3-4-10)11-7-5-9(6-8-11)13-20-15(25-21-13)16(17,18)19/h5-8,10H,2-4H2,1H3. The van der Waals surface area contributed by atoms with E-state index in [0.29, 0.717) is 5.69 Å². The lowest BCUT2D eigenvalue weighted by atomic mass is 10.1. The number of alkyl halides is 3. The summed E-state index contributed by atoms with van der Waals surface area (Å²) in [6.45, 7) is 1.65. The maximum Gasteiger partial charge on any atom is 0.471 e. The van der Waals surface area contributed by atoms with Gasteiger partial charge in [-0.05, 0) is 37.1 Å². The molecule has 1 aliphatic carbocycles. The number of halogens is 3. The molecule has 0 N–H and O–H groups in total. The minimum Gasteiger partial charge on any atom is -0.329 e. The van der Waals surface area contributed by atoms with Gasteiger partial charge in [0.15, 0.2) is 0 Å². The highest BCUT2D eigenvalue weighted by Gasteiger charge is 2.39. The molecule has 1 aromatic carbocycles. The van der Waals surface area contributed by atoms with Crippen molar-refractivity contribution in [2.45, 2.75) is 32.4 Å². The molecule has 1 saturated carbocycles. The second-order valence-corrected chi connectivity index (χ2v) is 5.66. The summed E-state index contributed by atoms with van der Waals surface area (Å²) in [5.41, 5.74) is 0.651. The van der Waals surface area contributed by atoms with Crippen molar-refractivity contribution in [3.63, 3.8) is 0 Å². The van der Waals surface area contributed by atoms with E-state index in [1.807, 2.05) is 0 Å². The van der Waals surface area contributed by atoms with E-state index in [-0.39, 0.29) is 35.5 Å². The van der Waals surface area contributed by atoms with Crippen LogP contribution in [0.5, 0.6) is 0 Å². The van der Waals surface area contributed by atoms with E-state index in [0.717, 1.165) is 17.7 Å². The van der Waals surface area contributed by atoms with Gasteiger partial charge in [-0.15, -0.1) is 0 Å². The van der Waals surface area contributed by atoms with Gasteiger partial charge in [-0.1, -0.05) is 12.1 Å². The summed E-state index contributed by atoms with van der Waals surface area (Å²) in [4.78, 5) is 28.8. The summed E-state index contributed by atoms with van der Waals surface area (Å²) in [7, 11) is 0. The molecule has 3 rings (SSSR count). The number of imide groups is 1. The molecular formula is C16H14F3N3O3. The van der Waals surface area contributed by atoms with E-state index in [2.05, 4.69) is 14.7 Å². The zero-order chi connectivity index (χ0) is 18.2. The Morgan fingerprint density at radius 3 is 2.36 bits per heavy atom. The van der Waals surface area contributed by atoms with Crippen LogP contribution in [0.15, 0.2) is 28.8 Å². The Kier molecular flexibility index (Phi) is 4.32. The molecule has 25 heavy (non-hydrogen) atoms. The summed E-state index contributed by atoms with van der Waals surface area (Å²) in [6, 6.07) is 5.84. The monoisotopic (exact) mass is 353 g/mol. The van der Waals surface area contributed by atoms with Crippen LogP contribution < -0.4 is 4.90 Å². The normalized spacial score (nSPS) is 14.4. The SMILES string of the molecule is CCC(=O)N(C(=O)C1CC1)c1ccc(-c2noc(C(F)(F)F)n2)cc1. The topological polar surface area (TPSA) is 76.3 Å². The van der Waals surface area contributed by atoms with Crippen molar-refractivity contribution in [1.29, 1.82) is 0 Å².